The predicted molar refractivity (Wildman–Crippen MR) is 77.7 cm³/mol. The second-order valence-corrected chi connectivity index (χ2v) is 5.67. The molecule has 0 saturated carbocycles. The Balaban J connectivity index is 2.76. The van der Waals surface area contributed by atoms with E-state index in [1.54, 1.807) is 24.3 Å². The number of ether oxygens (including phenoxy) is 1. The molecular weight excluding hydrogens is 257 g/mol. The van der Waals surface area contributed by atoms with Crippen molar-refractivity contribution in [2.24, 2.45) is 0 Å². The van der Waals surface area contributed by atoms with Crippen LogP contribution in [0, 0.1) is 5.82 Å². The van der Waals surface area contributed by atoms with Gasteiger partial charge in [-0.25, -0.2) is 4.39 Å². The number of hydrogen-bond donors (Lipinski definition) is 1. The van der Waals surface area contributed by atoms with E-state index in [1.165, 1.54) is 13.3 Å². The van der Waals surface area contributed by atoms with E-state index in [9.17, 15) is 9.18 Å². The van der Waals surface area contributed by atoms with Crippen molar-refractivity contribution in [1.29, 1.82) is 0 Å². The molecule has 0 spiro atoms. The number of halogens is 1. The van der Waals surface area contributed by atoms with Crippen LogP contribution in [0.25, 0.3) is 11.1 Å². The summed E-state index contributed by atoms with van der Waals surface area (Å²) in [5.74, 6) is 0.0830. The molecule has 0 aliphatic rings. The van der Waals surface area contributed by atoms with Crippen molar-refractivity contribution in [2.75, 3.05) is 7.11 Å². The average molecular weight is 275 g/mol. The number of aromatic amines is 1. The maximum Gasteiger partial charge on any atom is 0.255 e. The van der Waals surface area contributed by atoms with Crippen LogP contribution >= 0.6 is 0 Å². The van der Waals surface area contributed by atoms with Gasteiger partial charge in [0.05, 0.1) is 7.11 Å². The number of aromatic nitrogens is 1. The molecule has 3 nitrogen and oxygen atoms in total. The van der Waals surface area contributed by atoms with Gasteiger partial charge in [0.25, 0.3) is 5.56 Å². The zero-order valence-electron chi connectivity index (χ0n) is 12.1. The Morgan fingerprint density at radius 3 is 2.40 bits per heavy atom. The van der Waals surface area contributed by atoms with Crippen LogP contribution in [0.4, 0.5) is 4.39 Å². The van der Waals surface area contributed by atoms with Gasteiger partial charge in [-0.3, -0.25) is 4.79 Å². The number of H-pyrrole nitrogens is 1. The summed E-state index contributed by atoms with van der Waals surface area (Å²) >= 11 is 0. The number of pyridine rings is 1. The number of hydrogen-bond acceptors (Lipinski definition) is 2. The van der Waals surface area contributed by atoms with Crippen molar-refractivity contribution in [2.45, 2.75) is 26.2 Å². The van der Waals surface area contributed by atoms with Crippen molar-refractivity contribution in [3.8, 4) is 16.9 Å². The molecule has 0 bridgehead atoms. The van der Waals surface area contributed by atoms with Gasteiger partial charge in [0.2, 0.25) is 0 Å². The lowest BCUT2D eigenvalue weighted by Gasteiger charge is -2.24. The van der Waals surface area contributed by atoms with Crippen LogP contribution < -0.4 is 10.3 Å². The maximum atomic E-state index is 14.8. The summed E-state index contributed by atoms with van der Waals surface area (Å²) in [6.07, 6.45) is 1.53. The Morgan fingerprint density at radius 2 is 1.85 bits per heavy atom. The van der Waals surface area contributed by atoms with E-state index in [1.807, 2.05) is 20.8 Å². The average Bonchev–Trinajstić information content (AvgIpc) is 2.38. The second-order valence-electron chi connectivity index (χ2n) is 5.67. The summed E-state index contributed by atoms with van der Waals surface area (Å²) in [4.78, 5) is 14.4. The summed E-state index contributed by atoms with van der Waals surface area (Å²) in [5.41, 5.74) is 0.348. The van der Waals surface area contributed by atoms with Crippen LogP contribution in [0.3, 0.4) is 0 Å². The van der Waals surface area contributed by atoms with Crippen molar-refractivity contribution in [1.82, 2.24) is 4.98 Å². The fraction of sp³-hybridized carbons (Fsp3) is 0.312. The minimum atomic E-state index is -0.424. The summed E-state index contributed by atoms with van der Waals surface area (Å²) in [7, 11) is 1.51. The standard InChI is InChI=1S/C16H18FNO2/c1-16(2,3)13-12(20-4)8-7-10(14(13)17)11-6-5-9-18-15(11)19/h5-9H,1-4H3,(H,18,19). The van der Waals surface area contributed by atoms with Crippen molar-refractivity contribution < 1.29 is 9.13 Å². The van der Waals surface area contributed by atoms with Gasteiger partial charge in [0.1, 0.15) is 11.6 Å². The van der Waals surface area contributed by atoms with Gasteiger partial charge in [-0.2, -0.15) is 0 Å². The molecule has 0 atom stereocenters. The Kier molecular flexibility index (Phi) is 3.66. The minimum Gasteiger partial charge on any atom is -0.496 e. The topological polar surface area (TPSA) is 42.1 Å². The van der Waals surface area contributed by atoms with E-state index < -0.39 is 11.2 Å². The first-order valence-electron chi connectivity index (χ1n) is 6.41. The molecule has 1 aromatic carbocycles. The smallest absolute Gasteiger partial charge is 0.255 e. The van der Waals surface area contributed by atoms with Crippen LogP contribution in [-0.2, 0) is 5.41 Å². The van der Waals surface area contributed by atoms with Gasteiger partial charge < -0.3 is 9.72 Å². The third kappa shape index (κ3) is 2.46. The zero-order chi connectivity index (χ0) is 14.9. The van der Waals surface area contributed by atoms with E-state index in [4.69, 9.17) is 4.74 Å². The van der Waals surface area contributed by atoms with Gasteiger partial charge in [-0.05, 0) is 29.7 Å². The number of methoxy groups -OCH3 is 1. The molecule has 0 aliphatic heterocycles. The van der Waals surface area contributed by atoms with Gasteiger partial charge in [-0.15, -0.1) is 0 Å². The molecule has 0 fully saturated rings. The third-order valence-corrected chi connectivity index (χ3v) is 3.18. The predicted octanol–water partition coefficient (Wildman–Crippen LogP) is 3.49. The largest absolute Gasteiger partial charge is 0.496 e. The molecule has 0 radical (unpaired) electrons. The molecule has 0 amide bonds. The Morgan fingerprint density at radius 1 is 1.15 bits per heavy atom. The molecule has 0 saturated heterocycles. The molecule has 2 aromatic rings. The number of rotatable bonds is 2. The summed E-state index contributed by atoms with van der Waals surface area (Å²) in [5, 5.41) is 0. The SMILES string of the molecule is COc1ccc(-c2ccc[nH]c2=O)c(F)c1C(C)(C)C. The summed E-state index contributed by atoms with van der Waals surface area (Å²) in [6.45, 7) is 5.73. The summed E-state index contributed by atoms with van der Waals surface area (Å²) in [6, 6.07) is 6.56. The Hall–Kier alpha value is -2.10. The highest BCUT2D eigenvalue weighted by molar-refractivity contribution is 5.66. The molecule has 0 unspecified atom stereocenters. The maximum absolute atomic E-state index is 14.8. The van der Waals surface area contributed by atoms with Crippen LogP contribution in [0.1, 0.15) is 26.3 Å². The summed E-state index contributed by atoms with van der Waals surface area (Å²) < 4.78 is 20.1. The molecule has 106 valence electrons. The van der Waals surface area contributed by atoms with Crippen molar-refractivity contribution >= 4 is 0 Å². The van der Waals surface area contributed by atoms with E-state index in [2.05, 4.69) is 4.98 Å². The zero-order valence-corrected chi connectivity index (χ0v) is 12.1. The van der Waals surface area contributed by atoms with E-state index >= 15 is 0 Å². The normalized spacial score (nSPS) is 11.4. The second kappa shape index (κ2) is 5.12. The highest BCUT2D eigenvalue weighted by Crippen LogP contribution is 2.37. The molecule has 1 N–H and O–H groups in total. The molecule has 1 aromatic heterocycles. The third-order valence-electron chi connectivity index (χ3n) is 3.18. The minimum absolute atomic E-state index is 0.289. The Bertz CT molecular complexity index is 684. The quantitative estimate of drug-likeness (QED) is 0.911. The lowest BCUT2D eigenvalue weighted by Crippen LogP contribution is -2.17. The molecule has 0 aliphatic carbocycles. The van der Waals surface area contributed by atoms with Crippen LogP contribution in [0.5, 0.6) is 5.75 Å². The van der Waals surface area contributed by atoms with E-state index in [0.29, 0.717) is 16.9 Å². The van der Waals surface area contributed by atoms with Gasteiger partial charge >= 0.3 is 0 Å². The first-order valence-corrected chi connectivity index (χ1v) is 6.41. The lowest BCUT2D eigenvalue weighted by atomic mass is 9.84. The highest BCUT2D eigenvalue weighted by Gasteiger charge is 2.26. The first-order chi connectivity index (χ1) is 9.36. The van der Waals surface area contributed by atoms with Gasteiger partial charge in [-0.1, -0.05) is 20.8 Å². The monoisotopic (exact) mass is 275 g/mol. The molecule has 1 heterocycles. The fourth-order valence-corrected chi connectivity index (χ4v) is 2.27. The van der Waals surface area contributed by atoms with E-state index in [0.717, 1.165) is 0 Å². The number of nitrogens with one attached hydrogen (secondary N) is 1. The lowest BCUT2D eigenvalue weighted by molar-refractivity contribution is 0.388. The fourth-order valence-electron chi connectivity index (χ4n) is 2.27. The van der Waals surface area contributed by atoms with Crippen LogP contribution in [0.2, 0.25) is 0 Å². The van der Waals surface area contributed by atoms with E-state index in [-0.39, 0.29) is 11.1 Å². The van der Waals surface area contributed by atoms with Crippen molar-refractivity contribution in [3.63, 3.8) is 0 Å². The van der Waals surface area contributed by atoms with Crippen LogP contribution in [0.15, 0.2) is 35.3 Å². The first kappa shape index (κ1) is 14.3. The Labute approximate surface area is 117 Å². The molecule has 2 rings (SSSR count). The molecule has 4 heteroatoms. The van der Waals surface area contributed by atoms with Crippen LogP contribution in [-0.4, -0.2) is 12.1 Å². The molecule has 20 heavy (non-hydrogen) atoms. The highest BCUT2D eigenvalue weighted by atomic mass is 19.1. The molecular formula is C16H18FNO2. The van der Waals surface area contributed by atoms with Gasteiger partial charge in [0.15, 0.2) is 0 Å². The van der Waals surface area contributed by atoms with Crippen molar-refractivity contribution in [3.05, 3.63) is 52.2 Å². The number of benzene rings is 1. The van der Waals surface area contributed by atoms with Gasteiger partial charge in [0, 0.05) is 22.9 Å².